The Kier molecular flexibility index (Phi) is 3.81. The highest BCUT2D eigenvalue weighted by Gasteiger charge is 2.61. The summed E-state index contributed by atoms with van der Waals surface area (Å²) in [7, 11) is 0. The number of ketones is 1. The number of rotatable bonds is 1. The molecular formula is C22H34O2. The molecule has 134 valence electrons. The van der Waals surface area contributed by atoms with Gasteiger partial charge in [-0.2, -0.15) is 0 Å². The van der Waals surface area contributed by atoms with Gasteiger partial charge in [0.05, 0.1) is 6.10 Å². The van der Waals surface area contributed by atoms with Gasteiger partial charge in [-0.3, -0.25) is 4.79 Å². The molecule has 24 heavy (non-hydrogen) atoms. The third-order valence-corrected chi connectivity index (χ3v) is 8.86. The largest absolute Gasteiger partial charge is 0.393 e. The van der Waals surface area contributed by atoms with Crippen LogP contribution in [0.2, 0.25) is 0 Å². The second kappa shape index (κ2) is 5.43. The summed E-state index contributed by atoms with van der Waals surface area (Å²) in [6, 6.07) is 0. The lowest BCUT2D eigenvalue weighted by atomic mass is 9.47. The minimum absolute atomic E-state index is 0.122. The molecule has 0 amide bonds. The van der Waals surface area contributed by atoms with Gasteiger partial charge in [-0.15, -0.1) is 0 Å². The topological polar surface area (TPSA) is 37.3 Å². The van der Waals surface area contributed by atoms with Gasteiger partial charge in [0.15, 0.2) is 0 Å². The van der Waals surface area contributed by atoms with Gasteiger partial charge in [0.1, 0.15) is 5.78 Å². The highest BCUT2D eigenvalue weighted by molar-refractivity contribution is 5.80. The standard InChI is InChI=1S/C22H34O2/c1-13-11-19-17-6-5-15-12-16(24)7-9-21(15,3)18(17)8-10-22(19,4)20(13)14(2)23/h5,13,16-20,24H,6-12H2,1-4H3/t13?,16-,17+,18-,19-,20+,21-,22-/m0/s1. The molecular weight excluding hydrogens is 296 g/mol. The minimum Gasteiger partial charge on any atom is -0.393 e. The van der Waals surface area contributed by atoms with Crippen LogP contribution in [0, 0.1) is 40.4 Å². The molecule has 3 saturated carbocycles. The van der Waals surface area contributed by atoms with Crippen LogP contribution in [-0.2, 0) is 4.79 Å². The van der Waals surface area contributed by atoms with Crippen LogP contribution >= 0.6 is 0 Å². The van der Waals surface area contributed by atoms with E-state index in [1.807, 2.05) is 6.92 Å². The van der Waals surface area contributed by atoms with Crippen molar-refractivity contribution in [3.05, 3.63) is 11.6 Å². The molecule has 0 saturated heterocycles. The van der Waals surface area contributed by atoms with Crippen molar-refractivity contribution in [3.63, 3.8) is 0 Å². The molecule has 4 rings (SSSR count). The van der Waals surface area contributed by atoms with Crippen molar-refractivity contribution in [1.29, 1.82) is 0 Å². The van der Waals surface area contributed by atoms with E-state index in [4.69, 9.17) is 0 Å². The van der Waals surface area contributed by atoms with E-state index >= 15 is 0 Å². The lowest BCUT2D eigenvalue weighted by Crippen LogP contribution is -2.51. The Hall–Kier alpha value is -0.630. The molecule has 4 aliphatic rings. The van der Waals surface area contributed by atoms with E-state index in [0.717, 1.165) is 31.1 Å². The second-order valence-electron chi connectivity index (χ2n) is 10.0. The highest BCUT2D eigenvalue weighted by Crippen LogP contribution is 2.67. The fraction of sp³-hybridized carbons (Fsp3) is 0.864. The van der Waals surface area contributed by atoms with Crippen LogP contribution in [0.3, 0.4) is 0 Å². The first-order valence-corrected chi connectivity index (χ1v) is 10.2. The lowest BCUT2D eigenvalue weighted by molar-refractivity contribution is -0.128. The predicted molar refractivity (Wildman–Crippen MR) is 96.4 cm³/mol. The Bertz CT molecular complexity index is 579. The number of carbonyl (C=O) groups is 1. The molecule has 4 aliphatic carbocycles. The van der Waals surface area contributed by atoms with Gasteiger partial charge in [0.2, 0.25) is 0 Å². The third-order valence-electron chi connectivity index (χ3n) is 8.86. The number of hydrogen-bond donors (Lipinski definition) is 1. The smallest absolute Gasteiger partial charge is 0.133 e. The van der Waals surface area contributed by atoms with Gasteiger partial charge in [0, 0.05) is 5.92 Å². The predicted octanol–water partition coefficient (Wildman–Crippen LogP) is 4.76. The summed E-state index contributed by atoms with van der Waals surface area (Å²) in [6.07, 6.45) is 10.3. The molecule has 0 aromatic heterocycles. The zero-order valence-corrected chi connectivity index (χ0v) is 15.8. The van der Waals surface area contributed by atoms with Crippen molar-refractivity contribution in [3.8, 4) is 0 Å². The number of hydrogen-bond acceptors (Lipinski definition) is 2. The summed E-state index contributed by atoms with van der Waals surface area (Å²) in [5.41, 5.74) is 2.07. The summed E-state index contributed by atoms with van der Waals surface area (Å²) >= 11 is 0. The van der Waals surface area contributed by atoms with Crippen molar-refractivity contribution >= 4 is 5.78 Å². The number of aliphatic hydroxyl groups excluding tert-OH is 1. The molecule has 0 aromatic carbocycles. The molecule has 0 radical (unpaired) electrons. The highest BCUT2D eigenvalue weighted by atomic mass is 16.3. The number of fused-ring (bicyclic) bond motifs is 5. The van der Waals surface area contributed by atoms with Crippen LogP contribution in [-0.4, -0.2) is 17.0 Å². The maximum atomic E-state index is 12.4. The van der Waals surface area contributed by atoms with Gasteiger partial charge in [0.25, 0.3) is 0 Å². The fourth-order valence-electron chi connectivity index (χ4n) is 7.87. The Morgan fingerprint density at radius 1 is 1.21 bits per heavy atom. The number of Topliss-reactive ketones (excluding diaryl/α,β-unsaturated/α-hetero) is 1. The first-order chi connectivity index (χ1) is 11.3. The van der Waals surface area contributed by atoms with Gasteiger partial charge in [-0.1, -0.05) is 32.4 Å². The van der Waals surface area contributed by atoms with Crippen molar-refractivity contribution in [2.75, 3.05) is 0 Å². The average molecular weight is 331 g/mol. The van der Waals surface area contributed by atoms with Gasteiger partial charge >= 0.3 is 0 Å². The maximum absolute atomic E-state index is 12.4. The number of allylic oxidation sites excluding steroid dienone is 1. The Balaban J connectivity index is 1.68. The van der Waals surface area contributed by atoms with Gasteiger partial charge < -0.3 is 5.11 Å². The van der Waals surface area contributed by atoms with Crippen molar-refractivity contribution in [1.82, 2.24) is 0 Å². The van der Waals surface area contributed by atoms with E-state index < -0.39 is 0 Å². The zero-order valence-electron chi connectivity index (χ0n) is 15.8. The molecule has 0 aliphatic heterocycles. The quantitative estimate of drug-likeness (QED) is 0.704. The van der Waals surface area contributed by atoms with E-state index in [2.05, 4.69) is 26.8 Å². The minimum atomic E-state index is -0.122. The van der Waals surface area contributed by atoms with Crippen LogP contribution in [0.15, 0.2) is 11.6 Å². The molecule has 1 unspecified atom stereocenters. The lowest BCUT2D eigenvalue weighted by Gasteiger charge is -2.57. The molecule has 0 spiro atoms. The summed E-state index contributed by atoms with van der Waals surface area (Å²) < 4.78 is 0. The fourth-order valence-corrected chi connectivity index (χ4v) is 7.87. The Labute approximate surface area is 147 Å². The molecule has 8 atom stereocenters. The summed E-state index contributed by atoms with van der Waals surface area (Å²) in [6.45, 7) is 9.04. The molecule has 0 aromatic rings. The van der Waals surface area contributed by atoms with Crippen LogP contribution in [0.25, 0.3) is 0 Å². The van der Waals surface area contributed by atoms with Crippen LogP contribution in [0.5, 0.6) is 0 Å². The van der Waals surface area contributed by atoms with E-state index in [1.54, 1.807) is 5.57 Å². The van der Waals surface area contributed by atoms with Gasteiger partial charge in [-0.05, 0) is 86.4 Å². The van der Waals surface area contributed by atoms with E-state index in [9.17, 15) is 9.90 Å². The molecule has 0 heterocycles. The van der Waals surface area contributed by atoms with Crippen LogP contribution in [0.1, 0.15) is 72.6 Å². The maximum Gasteiger partial charge on any atom is 0.133 e. The zero-order chi connectivity index (χ0) is 17.3. The van der Waals surface area contributed by atoms with Crippen molar-refractivity contribution < 1.29 is 9.90 Å². The normalized spacial score (nSPS) is 53.6. The molecule has 1 N–H and O–H groups in total. The summed E-state index contributed by atoms with van der Waals surface area (Å²) in [5, 5.41) is 10.1. The van der Waals surface area contributed by atoms with E-state index in [1.165, 1.54) is 25.7 Å². The molecule has 2 nitrogen and oxygen atoms in total. The van der Waals surface area contributed by atoms with Crippen LogP contribution < -0.4 is 0 Å². The summed E-state index contributed by atoms with van der Waals surface area (Å²) in [5.74, 6) is 3.46. The second-order valence-corrected chi connectivity index (χ2v) is 10.0. The third kappa shape index (κ3) is 2.14. The number of aliphatic hydroxyl groups is 1. The monoisotopic (exact) mass is 330 g/mol. The van der Waals surface area contributed by atoms with Crippen molar-refractivity contribution in [2.45, 2.75) is 78.7 Å². The van der Waals surface area contributed by atoms with E-state index in [0.29, 0.717) is 23.0 Å². The molecule has 3 fully saturated rings. The average Bonchev–Trinajstić information content (AvgIpc) is 2.78. The Morgan fingerprint density at radius 2 is 1.96 bits per heavy atom. The van der Waals surface area contributed by atoms with E-state index in [-0.39, 0.29) is 17.4 Å². The van der Waals surface area contributed by atoms with Gasteiger partial charge in [-0.25, -0.2) is 0 Å². The molecule has 0 bridgehead atoms. The van der Waals surface area contributed by atoms with Crippen molar-refractivity contribution in [2.24, 2.45) is 40.4 Å². The summed E-state index contributed by atoms with van der Waals surface area (Å²) in [4.78, 5) is 12.4. The first-order valence-electron chi connectivity index (χ1n) is 10.2. The number of carbonyl (C=O) groups excluding carboxylic acids is 1. The SMILES string of the molecule is CC(=O)[C@H]1C(C)C[C@H]2[C@@H]3CC=C4C[C@@H](O)CC[C@]4(C)[C@H]3CC[C@]12C. The van der Waals surface area contributed by atoms with Crippen LogP contribution in [0.4, 0.5) is 0 Å². The first kappa shape index (κ1) is 16.8. The molecule has 2 heteroatoms. The Morgan fingerprint density at radius 3 is 2.67 bits per heavy atom.